The van der Waals surface area contributed by atoms with Crippen molar-refractivity contribution in [1.82, 2.24) is 4.98 Å². The van der Waals surface area contributed by atoms with E-state index >= 15 is 0 Å². The Balaban J connectivity index is 2.49. The molecule has 0 aliphatic rings. The van der Waals surface area contributed by atoms with Crippen LogP contribution in [0.2, 0.25) is 0 Å². The second kappa shape index (κ2) is 4.36. The molecule has 0 aliphatic heterocycles. The second-order valence-corrected chi connectivity index (χ2v) is 4.05. The maximum Gasteiger partial charge on any atom is 0.248 e. The lowest BCUT2D eigenvalue weighted by Gasteiger charge is -2.02. The van der Waals surface area contributed by atoms with Gasteiger partial charge >= 0.3 is 0 Å². The van der Waals surface area contributed by atoms with Gasteiger partial charge in [-0.2, -0.15) is 0 Å². The quantitative estimate of drug-likeness (QED) is 0.785. The molecule has 2 rings (SSSR count). The van der Waals surface area contributed by atoms with Crippen LogP contribution in [0.1, 0.15) is 0 Å². The summed E-state index contributed by atoms with van der Waals surface area (Å²) < 4.78 is 0. The Morgan fingerprint density at radius 1 is 1.13 bits per heavy atom. The predicted octanol–water partition coefficient (Wildman–Crippen LogP) is 2.76. The van der Waals surface area contributed by atoms with Crippen LogP contribution in [-0.4, -0.2) is 11.2 Å². The van der Waals surface area contributed by atoms with Crippen molar-refractivity contribution in [3.8, 4) is 11.1 Å². The van der Waals surface area contributed by atoms with Gasteiger partial charge in [-0.3, -0.25) is 4.79 Å². The highest BCUT2D eigenvalue weighted by Gasteiger charge is 1.98. The van der Waals surface area contributed by atoms with Crippen LogP contribution in [0.3, 0.4) is 0 Å². The molecule has 0 aliphatic carbocycles. The molecule has 1 aromatic heterocycles. The smallest absolute Gasteiger partial charge is 0.248 e. The number of hydrogen-bond acceptors (Lipinski definition) is 2. The standard InChI is InChI=1S/C12H11NOS/c1-15-11-4-2-3-9(7-11)10-5-6-13-12(14)8-10/h2-8H,1H3,(H,13,14). The number of nitrogens with one attached hydrogen (secondary N) is 1. The molecule has 1 heterocycles. The molecule has 2 nitrogen and oxygen atoms in total. The van der Waals surface area contributed by atoms with Crippen LogP contribution in [0.25, 0.3) is 11.1 Å². The Morgan fingerprint density at radius 3 is 2.67 bits per heavy atom. The van der Waals surface area contributed by atoms with Gasteiger partial charge in [-0.15, -0.1) is 11.8 Å². The topological polar surface area (TPSA) is 32.9 Å². The van der Waals surface area contributed by atoms with Gasteiger partial charge in [0.2, 0.25) is 5.56 Å². The molecule has 0 fully saturated rings. The van der Waals surface area contributed by atoms with E-state index in [1.165, 1.54) is 4.90 Å². The summed E-state index contributed by atoms with van der Waals surface area (Å²) in [7, 11) is 0. The first-order valence-corrected chi connectivity index (χ1v) is 5.85. The number of aromatic amines is 1. The van der Waals surface area contributed by atoms with Crippen molar-refractivity contribution in [2.75, 3.05) is 6.26 Å². The maximum absolute atomic E-state index is 11.2. The number of H-pyrrole nitrogens is 1. The molecule has 2 aromatic rings. The van der Waals surface area contributed by atoms with Crippen molar-refractivity contribution in [2.24, 2.45) is 0 Å². The molecule has 0 radical (unpaired) electrons. The van der Waals surface area contributed by atoms with E-state index < -0.39 is 0 Å². The third kappa shape index (κ3) is 2.30. The highest BCUT2D eigenvalue weighted by atomic mass is 32.2. The van der Waals surface area contributed by atoms with Crippen LogP contribution in [-0.2, 0) is 0 Å². The lowest BCUT2D eigenvalue weighted by Crippen LogP contribution is -2.01. The van der Waals surface area contributed by atoms with Crippen molar-refractivity contribution in [3.63, 3.8) is 0 Å². The van der Waals surface area contributed by atoms with Gasteiger partial charge in [0.1, 0.15) is 0 Å². The van der Waals surface area contributed by atoms with Crippen molar-refractivity contribution in [1.29, 1.82) is 0 Å². The first kappa shape index (κ1) is 10.1. The van der Waals surface area contributed by atoms with Crippen LogP contribution in [0.15, 0.2) is 52.3 Å². The molecule has 0 bridgehead atoms. The van der Waals surface area contributed by atoms with E-state index in [2.05, 4.69) is 17.1 Å². The summed E-state index contributed by atoms with van der Waals surface area (Å²) >= 11 is 1.70. The Kier molecular flexibility index (Phi) is 2.92. The van der Waals surface area contributed by atoms with Crippen molar-refractivity contribution in [2.45, 2.75) is 4.90 Å². The Bertz CT molecular complexity index is 519. The van der Waals surface area contributed by atoms with Gasteiger partial charge in [-0.1, -0.05) is 12.1 Å². The van der Waals surface area contributed by atoms with Gasteiger partial charge in [0.05, 0.1) is 0 Å². The van der Waals surface area contributed by atoms with E-state index in [4.69, 9.17) is 0 Å². The third-order valence-electron chi connectivity index (χ3n) is 2.18. The number of rotatable bonds is 2. The Morgan fingerprint density at radius 2 is 1.93 bits per heavy atom. The van der Waals surface area contributed by atoms with Crippen molar-refractivity contribution >= 4 is 11.8 Å². The van der Waals surface area contributed by atoms with Gasteiger partial charge in [0, 0.05) is 17.2 Å². The summed E-state index contributed by atoms with van der Waals surface area (Å²) in [6.45, 7) is 0. The van der Waals surface area contributed by atoms with Crippen LogP contribution in [0.5, 0.6) is 0 Å². The zero-order chi connectivity index (χ0) is 10.7. The summed E-state index contributed by atoms with van der Waals surface area (Å²) in [6, 6.07) is 11.7. The largest absolute Gasteiger partial charge is 0.329 e. The van der Waals surface area contributed by atoms with E-state index in [-0.39, 0.29) is 5.56 Å². The number of hydrogen-bond donors (Lipinski definition) is 1. The van der Waals surface area contributed by atoms with Gasteiger partial charge in [0.25, 0.3) is 0 Å². The van der Waals surface area contributed by atoms with E-state index in [0.717, 1.165) is 11.1 Å². The molecule has 1 N–H and O–H groups in total. The minimum Gasteiger partial charge on any atom is -0.329 e. The SMILES string of the molecule is CSc1cccc(-c2cc[nH]c(=O)c2)c1. The average Bonchev–Trinajstić information content (AvgIpc) is 2.29. The molecule has 0 unspecified atom stereocenters. The van der Waals surface area contributed by atoms with Crippen LogP contribution in [0, 0.1) is 0 Å². The van der Waals surface area contributed by atoms with E-state index in [1.807, 2.05) is 24.5 Å². The summed E-state index contributed by atoms with van der Waals surface area (Å²) in [6.07, 6.45) is 3.71. The second-order valence-electron chi connectivity index (χ2n) is 3.17. The molecule has 0 saturated carbocycles. The molecule has 76 valence electrons. The van der Waals surface area contributed by atoms with E-state index in [0.29, 0.717) is 0 Å². The lowest BCUT2D eigenvalue weighted by atomic mass is 10.1. The number of aromatic nitrogens is 1. The normalized spacial score (nSPS) is 10.2. The first-order valence-electron chi connectivity index (χ1n) is 4.63. The number of thioether (sulfide) groups is 1. The molecule has 0 atom stereocenters. The monoisotopic (exact) mass is 217 g/mol. The number of pyridine rings is 1. The van der Waals surface area contributed by atoms with E-state index in [9.17, 15) is 4.79 Å². The minimum atomic E-state index is -0.0675. The van der Waals surface area contributed by atoms with Gasteiger partial charge in [-0.25, -0.2) is 0 Å². The van der Waals surface area contributed by atoms with Crippen molar-refractivity contribution in [3.05, 3.63) is 52.9 Å². The Hall–Kier alpha value is -1.48. The molecule has 0 spiro atoms. The average molecular weight is 217 g/mol. The maximum atomic E-state index is 11.2. The minimum absolute atomic E-state index is 0.0675. The molecule has 0 amide bonds. The van der Waals surface area contributed by atoms with Gasteiger partial charge < -0.3 is 4.98 Å². The molecular weight excluding hydrogens is 206 g/mol. The summed E-state index contributed by atoms with van der Waals surface area (Å²) in [5, 5.41) is 0. The van der Waals surface area contributed by atoms with Crippen LogP contribution >= 0.6 is 11.8 Å². The number of benzene rings is 1. The van der Waals surface area contributed by atoms with E-state index in [1.54, 1.807) is 24.0 Å². The third-order valence-corrected chi connectivity index (χ3v) is 2.90. The molecule has 0 saturated heterocycles. The molecule has 1 aromatic carbocycles. The van der Waals surface area contributed by atoms with Gasteiger partial charge in [-0.05, 0) is 35.6 Å². The first-order chi connectivity index (χ1) is 7.29. The zero-order valence-electron chi connectivity index (χ0n) is 8.36. The fourth-order valence-electron chi connectivity index (χ4n) is 1.43. The Labute approximate surface area is 92.4 Å². The highest BCUT2D eigenvalue weighted by molar-refractivity contribution is 7.98. The zero-order valence-corrected chi connectivity index (χ0v) is 9.17. The summed E-state index contributed by atoms with van der Waals surface area (Å²) in [5.74, 6) is 0. The highest BCUT2D eigenvalue weighted by Crippen LogP contribution is 2.22. The summed E-state index contributed by atoms with van der Waals surface area (Å²) in [5.41, 5.74) is 1.96. The van der Waals surface area contributed by atoms with Crippen LogP contribution in [0.4, 0.5) is 0 Å². The predicted molar refractivity (Wildman–Crippen MR) is 64.3 cm³/mol. The van der Waals surface area contributed by atoms with Crippen LogP contribution < -0.4 is 5.56 Å². The molecular formula is C12H11NOS. The molecule has 3 heteroatoms. The fourth-order valence-corrected chi connectivity index (χ4v) is 1.89. The lowest BCUT2D eigenvalue weighted by molar-refractivity contribution is 1.24. The molecule has 15 heavy (non-hydrogen) atoms. The van der Waals surface area contributed by atoms with Gasteiger partial charge in [0.15, 0.2) is 0 Å². The van der Waals surface area contributed by atoms with Crippen molar-refractivity contribution < 1.29 is 0 Å². The summed E-state index contributed by atoms with van der Waals surface area (Å²) in [4.78, 5) is 15.0. The fraction of sp³-hybridized carbons (Fsp3) is 0.0833.